The highest BCUT2D eigenvalue weighted by Crippen LogP contribution is 2.30. The van der Waals surface area contributed by atoms with E-state index in [9.17, 15) is 15.2 Å². The molecule has 0 heterocycles. The van der Waals surface area contributed by atoms with E-state index in [4.69, 9.17) is 27.9 Å². The van der Waals surface area contributed by atoms with Gasteiger partial charge in [-0.2, -0.15) is 5.26 Å². The summed E-state index contributed by atoms with van der Waals surface area (Å²) in [5, 5.41) is 20.7. The van der Waals surface area contributed by atoms with E-state index in [-0.39, 0.29) is 0 Å². The highest BCUT2D eigenvalue weighted by Gasteiger charge is 2.08. The second-order valence-electron chi connectivity index (χ2n) is 4.64. The fourth-order valence-corrected chi connectivity index (χ4v) is 2.58. The van der Waals surface area contributed by atoms with E-state index in [1.807, 2.05) is 0 Å². The fraction of sp³-hybridized carbons (Fsp3) is 0.0588. The second-order valence-corrected chi connectivity index (χ2v) is 6.37. The van der Waals surface area contributed by atoms with Crippen LogP contribution in [0, 0.1) is 11.3 Å². The molecule has 0 fully saturated rings. The van der Waals surface area contributed by atoms with Gasteiger partial charge in [-0.25, -0.2) is 0 Å². The molecule has 0 bridgehead atoms. The molecule has 0 unspecified atom stereocenters. The number of aliphatic carboxylic acids is 1. The number of nitriles is 1. The minimum atomic E-state index is -1.34. The molecular weight excluding hydrogens is 417 g/mol. The summed E-state index contributed by atoms with van der Waals surface area (Å²) in [7, 11) is 0. The molecule has 0 amide bonds. The highest BCUT2D eigenvalue weighted by atomic mass is 79.9. The monoisotopic (exact) mass is 424 g/mol. The average Bonchev–Trinajstić information content (AvgIpc) is 2.54. The number of hydrogen-bond donors (Lipinski definition) is 0. The number of nitrogens with zero attached hydrogens (tertiary/aromatic N) is 1. The average molecular weight is 426 g/mol. The Morgan fingerprint density at radius 3 is 2.62 bits per heavy atom. The number of benzene rings is 2. The Labute approximate surface area is 157 Å². The van der Waals surface area contributed by atoms with Crippen LogP contribution in [0.4, 0.5) is 0 Å². The van der Waals surface area contributed by atoms with Crippen LogP contribution in [0.1, 0.15) is 11.1 Å². The maximum absolute atomic E-state index is 10.6. The first kappa shape index (κ1) is 18.3. The summed E-state index contributed by atoms with van der Waals surface area (Å²) in [5.41, 5.74) is 1.44. The second kappa shape index (κ2) is 8.20. The lowest BCUT2D eigenvalue weighted by atomic mass is 10.0. The van der Waals surface area contributed by atoms with Crippen molar-refractivity contribution in [3.8, 4) is 11.8 Å². The van der Waals surface area contributed by atoms with Crippen LogP contribution in [-0.4, -0.2) is 12.6 Å². The summed E-state index contributed by atoms with van der Waals surface area (Å²) >= 11 is 15.2. The number of allylic oxidation sites excluding steroid dienone is 1. The summed E-state index contributed by atoms with van der Waals surface area (Å²) in [6, 6.07) is 11.9. The van der Waals surface area contributed by atoms with Gasteiger partial charge in [-0.05, 0) is 42.0 Å². The normalized spacial score (nSPS) is 11.0. The van der Waals surface area contributed by atoms with E-state index in [2.05, 4.69) is 22.0 Å². The predicted octanol–water partition coefficient (Wildman–Crippen LogP) is 3.95. The number of rotatable bonds is 5. The Balaban J connectivity index is 2.46. The van der Waals surface area contributed by atoms with Crippen molar-refractivity contribution in [1.82, 2.24) is 0 Å². The first-order valence-corrected chi connectivity index (χ1v) is 8.15. The van der Waals surface area contributed by atoms with Crippen LogP contribution in [0.2, 0.25) is 10.0 Å². The molecule has 0 atom stereocenters. The smallest absolute Gasteiger partial charge is 0.128 e. The van der Waals surface area contributed by atoms with Crippen molar-refractivity contribution in [1.29, 1.82) is 5.26 Å². The number of carboxylic acids is 1. The molecule has 0 saturated heterocycles. The Kier molecular flexibility index (Phi) is 6.27. The minimum absolute atomic E-state index is 0.315. The van der Waals surface area contributed by atoms with Crippen molar-refractivity contribution in [2.75, 3.05) is 6.61 Å². The number of ether oxygens (including phenoxy) is 1. The van der Waals surface area contributed by atoms with Crippen molar-refractivity contribution in [2.45, 2.75) is 0 Å². The van der Waals surface area contributed by atoms with Gasteiger partial charge in [0.15, 0.2) is 0 Å². The Hall–Kier alpha value is -2.00. The van der Waals surface area contributed by atoms with Crippen LogP contribution in [0.3, 0.4) is 0 Å². The summed E-state index contributed by atoms with van der Waals surface area (Å²) < 4.78 is 5.94. The van der Waals surface area contributed by atoms with E-state index >= 15 is 0 Å². The van der Waals surface area contributed by atoms with Crippen molar-refractivity contribution in [2.24, 2.45) is 0 Å². The molecule has 7 heteroatoms. The van der Waals surface area contributed by atoms with Gasteiger partial charge < -0.3 is 14.6 Å². The number of carbonyl (C=O) groups excluding carboxylic acids is 1. The van der Waals surface area contributed by atoms with Crippen LogP contribution in [0.15, 0.2) is 40.9 Å². The lowest BCUT2D eigenvalue weighted by Crippen LogP contribution is -2.29. The highest BCUT2D eigenvalue weighted by molar-refractivity contribution is 9.10. The molecule has 0 aliphatic rings. The van der Waals surface area contributed by atoms with Gasteiger partial charge in [-0.15, -0.1) is 0 Å². The zero-order valence-corrected chi connectivity index (χ0v) is 15.2. The molecule has 24 heavy (non-hydrogen) atoms. The molecule has 0 aliphatic heterocycles. The lowest BCUT2D eigenvalue weighted by Gasteiger charge is -2.11. The maximum atomic E-state index is 10.6. The maximum Gasteiger partial charge on any atom is 0.128 e. The molecule has 0 radical (unpaired) electrons. The number of hydrogen-bond acceptors (Lipinski definition) is 4. The van der Waals surface area contributed by atoms with Gasteiger partial charge in [0.25, 0.3) is 0 Å². The van der Waals surface area contributed by atoms with Gasteiger partial charge in [0.2, 0.25) is 0 Å². The summed E-state index contributed by atoms with van der Waals surface area (Å²) in [5.74, 6) is -1.02. The summed E-state index contributed by atoms with van der Waals surface area (Å²) in [4.78, 5) is 10.6. The van der Waals surface area contributed by atoms with Crippen LogP contribution >= 0.6 is 39.1 Å². The van der Waals surface area contributed by atoms with Gasteiger partial charge in [-0.1, -0.05) is 45.2 Å². The minimum Gasteiger partial charge on any atom is -0.546 e. The Bertz CT molecular complexity index is 859. The Morgan fingerprint density at radius 2 is 2.00 bits per heavy atom. The summed E-state index contributed by atoms with van der Waals surface area (Å²) in [6.07, 6.45) is 1.58. The lowest BCUT2D eigenvalue weighted by molar-refractivity contribution is -0.307. The van der Waals surface area contributed by atoms with Crippen LogP contribution in [0.5, 0.6) is 5.75 Å². The first-order valence-electron chi connectivity index (χ1n) is 6.60. The molecule has 122 valence electrons. The van der Waals surface area contributed by atoms with E-state index in [0.717, 1.165) is 4.47 Å². The molecule has 4 nitrogen and oxygen atoms in total. The number of carboxylic acid groups (broad SMARTS) is 1. The first-order chi connectivity index (χ1) is 11.4. The summed E-state index contributed by atoms with van der Waals surface area (Å²) in [6.45, 7) is -0.586. The van der Waals surface area contributed by atoms with Gasteiger partial charge >= 0.3 is 0 Å². The third kappa shape index (κ3) is 4.75. The molecule has 0 saturated carbocycles. The standard InChI is InChI=1S/C17H10BrCl2NO3/c18-13-2-4-16(24-9-17(22)23)11(6-13)5-12(8-21)10-1-3-14(19)15(20)7-10/h1-7H,9H2,(H,22,23)/p-1/b12-5-. The molecule has 0 N–H and O–H groups in total. The SMILES string of the molecule is N#C/C(=C/c1cc(Br)ccc1OCC(=O)[O-])c1ccc(Cl)c(Cl)c1. The molecule has 2 aromatic carbocycles. The van der Waals surface area contributed by atoms with E-state index in [0.29, 0.717) is 32.5 Å². The third-order valence-electron chi connectivity index (χ3n) is 2.97. The van der Waals surface area contributed by atoms with Gasteiger partial charge in [0, 0.05) is 10.0 Å². The molecule has 0 aromatic heterocycles. The van der Waals surface area contributed by atoms with Crippen molar-refractivity contribution >= 4 is 56.8 Å². The molecule has 0 spiro atoms. The zero-order valence-electron chi connectivity index (χ0n) is 12.1. The number of carbonyl (C=O) groups is 1. The van der Waals surface area contributed by atoms with Gasteiger partial charge in [0.05, 0.1) is 27.7 Å². The quantitative estimate of drug-likeness (QED) is 0.537. The van der Waals surface area contributed by atoms with Gasteiger partial charge in [-0.3, -0.25) is 0 Å². The van der Waals surface area contributed by atoms with E-state index in [1.165, 1.54) is 0 Å². The zero-order chi connectivity index (χ0) is 17.7. The van der Waals surface area contributed by atoms with Crippen LogP contribution in [-0.2, 0) is 4.79 Å². The van der Waals surface area contributed by atoms with Crippen LogP contribution in [0.25, 0.3) is 11.6 Å². The third-order valence-corrected chi connectivity index (χ3v) is 4.20. The molecule has 0 aliphatic carbocycles. The van der Waals surface area contributed by atoms with Crippen molar-refractivity contribution in [3.63, 3.8) is 0 Å². The topological polar surface area (TPSA) is 73.1 Å². The number of halogens is 3. The van der Waals surface area contributed by atoms with Crippen LogP contribution < -0.4 is 9.84 Å². The largest absolute Gasteiger partial charge is 0.546 e. The van der Waals surface area contributed by atoms with Gasteiger partial charge in [0.1, 0.15) is 12.4 Å². The van der Waals surface area contributed by atoms with Crippen molar-refractivity contribution < 1.29 is 14.6 Å². The molecule has 2 aromatic rings. The predicted molar refractivity (Wildman–Crippen MR) is 94.6 cm³/mol. The van der Waals surface area contributed by atoms with E-state index < -0.39 is 12.6 Å². The fourth-order valence-electron chi connectivity index (χ4n) is 1.90. The van der Waals surface area contributed by atoms with E-state index in [1.54, 1.807) is 42.5 Å². The molecular formula is C17H9BrCl2NO3-. The molecule has 2 rings (SSSR count). The Morgan fingerprint density at radius 1 is 1.25 bits per heavy atom. The van der Waals surface area contributed by atoms with Crippen molar-refractivity contribution in [3.05, 3.63) is 62.0 Å².